The monoisotopic (exact) mass is 365 g/mol. The summed E-state index contributed by atoms with van der Waals surface area (Å²) in [6.45, 7) is 0.339. The topological polar surface area (TPSA) is 72.7 Å². The Hall–Kier alpha value is -3.19. The Morgan fingerprint density at radius 1 is 1.23 bits per heavy atom. The normalized spacial score (nSPS) is 11.0. The third-order valence-corrected chi connectivity index (χ3v) is 5.10. The maximum atomic E-state index is 12.6. The van der Waals surface area contributed by atoms with Gasteiger partial charge in [0, 0.05) is 18.3 Å². The fourth-order valence-electron chi connectivity index (χ4n) is 2.77. The van der Waals surface area contributed by atoms with Crippen molar-refractivity contribution in [2.45, 2.75) is 6.54 Å². The highest BCUT2D eigenvalue weighted by Gasteiger charge is 2.15. The number of fused-ring (bicyclic) bond motifs is 2. The van der Waals surface area contributed by atoms with Crippen molar-refractivity contribution in [3.8, 4) is 5.75 Å². The molecule has 1 aromatic carbocycles. The van der Waals surface area contributed by atoms with Gasteiger partial charge in [-0.3, -0.25) is 14.0 Å². The van der Waals surface area contributed by atoms with Crippen molar-refractivity contribution in [1.82, 2.24) is 14.7 Å². The van der Waals surface area contributed by atoms with E-state index in [2.05, 4.69) is 10.3 Å². The van der Waals surface area contributed by atoms with E-state index in [1.54, 1.807) is 31.5 Å². The second kappa shape index (κ2) is 6.61. The molecule has 0 aliphatic heterocycles. The van der Waals surface area contributed by atoms with E-state index in [1.165, 1.54) is 15.7 Å². The van der Waals surface area contributed by atoms with Crippen LogP contribution in [0.25, 0.3) is 15.9 Å². The molecule has 26 heavy (non-hydrogen) atoms. The number of methoxy groups -OCH3 is 1. The van der Waals surface area contributed by atoms with Gasteiger partial charge in [0.15, 0.2) is 0 Å². The first-order valence-electron chi connectivity index (χ1n) is 7.98. The Balaban J connectivity index is 1.64. The molecule has 130 valence electrons. The van der Waals surface area contributed by atoms with Crippen molar-refractivity contribution in [1.29, 1.82) is 0 Å². The zero-order valence-corrected chi connectivity index (χ0v) is 14.7. The Morgan fingerprint density at radius 2 is 2.04 bits per heavy atom. The Labute approximate surface area is 152 Å². The third kappa shape index (κ3) is 2.82. The molecule has 0 fully saturated rings. The first kappa shape index (κ1) is 16.3. The fourth-order valence-corrected chi connectivity index (χ4v) is 3.72. The van der Waals surface area contributed by atoms with Gasteiger partial charge in [-0.15, -0.1) is 11.3 Å². The lowest BCUT2D eigenvalue weighted by Crippen LogP contribution is -2.22. The largest absolute Gasteiger partial charge is 0.496 e. The summed E-state index contributed by atoms with van der Waals surface area (Å²) in [5, 5.41) is 3.31. The molecule has 4 aromatic rings. The van der Waals surface area contributed by atoms with E-state index in [0.717, 1.165) is 11.3 Å². The van der Waals surface area contributed by atoms with Gasteiger partial charge in [0.2, 0.25) is 0 Å². The molecule has 1 amide bonds. The van der Waals surface area contributed by atoms with Crippen molar-refractivity contribution in [2.24, 2.45) is 0 Å². The molecule has 3 heterocycles. The van der Waals surface area contributed by atoms with Crippen LogP contribution in [0.1, 0.15) is 15.2 Å². The first-order chi connectivity index (χ1) is 12.7. The maximum Gasteiger partial charge on any atom is 0.266 e. The summed E-state index contributed by atoms with van der Waals surface area (Å²) >= 11 is 1.21. The van der Waals surface area contributed by atoms with Gasteiger partial charge >= 0.3 is 0 Å². The van der Waals surface area contributed by atoms with Crippen LogP contribution in [0.5, 0.6) is 5.75 Å². The number of thiophene rings is 1. The predicted octanol–water partition coefficient (Wildman–Crippen LogP) is 2.85. The summed E-state index contributed by atoms with van der Waals surface area (Å²) in [5.74, 6) is 0.475. The number of nitrogens with zero attached hydrogens (tertiary/aromatic N) is 2. The number of hydrogen-bond acceptors (Lipinski definition) is 5. The number of carbonyl (C=O) groups excluding carboxylic acids is 1. The van der Waals surface area contributed by atoms with Gasteiger partial charge in [-0.2, -0.15) is 0 Å². The number of nitrogens with one attached hydrogen (secondary N) is 1. The number of benzene rings is 1. The molecule has 0 aliphatic carbocycles. The Morgan fingerprint density at radius 3 is 2.88 bits per heavy atom. The summed E-state index contributed by atoms with van der Waals surface area (Å²) in [7, 11) is 1.59. The third-order valence-electron chi connectivity index (χ3n) is 4.07. The number of rotatable bonds is 4. The highest BCUT2D eigenvalue weighted by Crippen LogP contribution is 2.22. The molecule has 0 radical (unpaired) electrons. The quantitative estimate of drug-likeness (QED) is 0.604. The number of carbonyl (C=O) groups is 1. The van der Waals surface area contributed by atoms with Gasteiger partial charge in [-0.05, 0) is 24.3 Å². The molecular formula is C19H15N3O3S. The minimum atomic E-state index is -0.243. The van der Waals surface area contributed by atoms with E-state index >= 15 is 0 Å². The molecule has 0 aliphatic rings. The van der Waals surface area contributed by atoms with E-state index in [-0.39, 0.29) is 11.5 Å². The van der Waals surface area contributed by atoms with Crippen molar-refractivity contribution in [2.75, 3.05) is 7.11 Å². The molecule has 3 aromatic heterocycles. The van der Waals surface area contributed by atoms with Crippen molar-refractivity contribution >= 4 is 33.1 Å². The summed E-state index contributed by atoms with van der Waals surface area (Å²) < 4.78 is 6.77. The van der Waals surface area contributed by atoms with Gasteiger partial charge in [-0.25, -0.2) is 4.98 Å². The van der Waals surface area contributed by atoms with Crippen molar-refractivity contribution in [3.05, 3.63) is 75.5 Å². The van der Waals surface area contributed by atoms with E-state index in [9.17, 15) is 9.59 Å². The molecule has 0 unspecified atom stereocenters. The lowest BCUT2D eigenvalue weighted by atomic mass is 10.2. The zero-order chi connectivity index (χ0) is 18.1. The van der Waals surface area contributed by atoms with E-state index in [1.807, 2.05) is 30.3 Å². The van der Waals surface area contributed by atoms with Gasteiger partial charge in [0.25, 0.3) is 11.5 Å². The van der Waals surface area contributed by atoms with Crippen molar-refractivity contribution in [3.63, 3.8) is 0 Å². The summed E-state index contributed by atoms with van der Waals surface area (Å²) in [6.07, 6.45) is 1.67. The maximum absolute atomic E-state index is 12.6. The van der Waals surface area contributed by atoms with E-state index in [4.69, 9.17) is 4.74 Å². The van der Waals surface area contributed by atoms with Gasteiger partial charge in [0.1, 0.15) is 16.2 Å². The SMILES string of the molecule is COc1ccccc1CNC(=O)c1cc2c(=O)n3ccccc3nc2s1. The average molecular weight is 365 g/mol. The Kier molecular flexibility index (Phi) is 4.14. The Bertz CT molecular complexity index is 1180. The number of para-hydroxylation sites is 1. The number of amides is 1. The minimum Gasteiger partial charge on any atom is -0.496 e. The number of pyridine rings is 1. The summed E-state index contributed by atoms with van der Waals surface area (Å²) in [5.41, 5.74) is 1.27. The molecule has 0 spiro atoms. The molecule has 4 rings (SSSR count). The zero-order valence-electron chi connectivity index (χ0n) is 13.9. The average Bonchev–Trinajstić information content (AvgIpc) is 3.11. The molecular weight excluding hydrogens is 350 g/mol. The van der Waals surface area contributed by atoms with Crippen LogP contribution < -0.4 is 15.6 Å². The van der Waals surface area contributed by atoms with Crippen molar-refractivity contribution < 1.29 is 9.53 Å². The van der Waals surface area contributed by atoms with E-state index in [0.29, 0.717) is 27.3 Å². The molecule has 0 bridgehead atoms. The van der Waals surface area contributed by atoms with Crippen LogP contribution in [-0.2, 0) is 6.54 Å². The molecule has 1 N–H and O–H groups in total. The standard InChI is InChI=1S/C19H15N3O3S/c1-25-14-7-3-2-6-12(14)11-20-17(23)15-10-13-18(26-15)21-16-8-4-5-9-22(16)19(13)24/h2-10H,11H2,1H3,(H,20,23). The molecule has 0 saturated carbocycles. The molecule has 7 heteroatoms. The second-order valence-corrected chi connectivity index (χ2v) is 6.70. The summed E-state index contributed by atoms with van der Waals surface area (Å²) in [4.78, 5) is 30.6. The van der Waals surface area contributed by atoms with E-state index < -0.39 is 0 Å². The minimum absolute atomic E-state index is 0.175. The van der Waals surface area contributed by atoms with Crippen LogP contribution in [0.3, 0.4) is 0 Å². The summed E-state index contributed by atoms with van der Waals surface area (Å²) in [6, 6.07) is 14.5. The van der Waals surface area contributed by atoms with Crippen LogP contribution in [-0.4, -0.2) is 22.4 Å². The fraction of sp³-hybridized carbons (Fsp3) is 0.105. The highest BCUT2D eigenvalue weighted by atomic mass is 32.1. The second-order valence-electron chi connectivity index (χ2n) is 5.67. The lowest BCUT2D eigenvalue weighted by molar-refractivity contribution is 0.0955. The van der Waals surface area contributed by atoms with Gasteiger partial charge < -0.3 is 10.1 Å². The number of ether oxygens (including phenoxy) is 1. The van der Waals surface area contributed by atoms with Gasteiger partial charge in [0.05, 0.1) is 17.4 Å². The highest BCUT2D eigenvalue weighted by molar-refractivity contribution is 7.20. The van der Waals surface area contributed by atoms with Gasteiger partial charge in [-0.1, -0.05) is 24.3 Å². The van der Waals surface area contributed by atoms with Crippen LogP contribution in [0.2, 0.25) is 0 Å². The lowest BCUT2D eigenvalue weighted by Gasteiger charge is -2.08. The van der Waals surface area contributed by atoms with Crippen LogP contribution >= 0.6 is 11.3 Å². The smallest absolute Gasteiger partial charge is 0.266 e. The first-order valence-corrected chi connectivity index (χ1v) is 8.80. The van der Waals surface area contributed by atoms with Crippen LogP contribution in [0, 0.1) is 0 Å². The number of hydrogen-bond donors (Lipinski definition) is 1. The molecule has 0 saturated heterocycles. The van der Waals surface area contributed by atoms with Crippen LogP contribution in [0.4, 0.5) is 0 Å². The predicted molar refractivity (Wildman–Crippen MR) is 101 cm³/mol. The molecule has 0 atom stereocenters. The number of aromatic nitrogens is 2. The molecule has 6 nitrogen and oxygen atoms in total. The van der Waals surface area contributed by atoms with Crippen LogP contribution in [0.15, 0.2) is 59.5 Å².